The molecule has 1 aliphatic carbocycles. The quantitative estimate of drug-likeness (QED) is 0.836. The highest BCUT2D eigenvalue weighted by Crippen LogP contribution is 2.34. The number of benzene rings is 1. The lowest BCUT2D eigenvalue weighted by Crippen LogP contribution is -2.36. The van der Waals surface area contributed by atoms with Crippen LogP contribution in [0.25, 0.3) is 0 Å². The second-order valence-electron chi connectivity index (χ2n) is 7.09. The maximum atomic E-state index is 11.7. The minimum Gasteiger partial charge on any atom is -0.481 e. The molecule has 0 bridgehead atoms. The van der Waals surface area contributed by atoms with Crippen LogP contribution in [0.3, 0.4) is 0 Å². The van der Waals surface area contributed by atoms with E-state index in [9.17, 15) is 9.90 Å². The predicted molar refractivity (Wildman–Crippen MR) is 97.5 cm³/mol. The molecule has 1 saturated carbocycles. The summed E-state index contributed by atoms with van der Waals surface area (Å²) < 4.78 is 5.33. The number of morpholine rings is 1. The molecule has 0 spiro atoms. The summed E-state index contributed by atoms with van der Waals surface area (Å²) in [4.78, 5) is 14.0. The summed E-state index contributed by atoms with van der Waals surface area (Å²) in [6.45, 7) is 4.20. The normalized spacial score (nSPS) is 20.0. The zero-order chi connectivity index (χ0) is 17.5. The Bertz CT molecular complexity index is 617. The van der Waals surface area contributed by atoms with Gasteiger partial charge >= 0.3 is 5.97 Å². The van der Waals surface area contributed by atoms with Crippen LogP contribution in [-0.2, 0) is 9.53 Å². The van der Waals surface area contributed by atoms with Crippen LogP contribution in [0.1, 0.15) is 49.1 Å². The van der Waals surface area contributed by atoms with Gasteiger partial charge in [0.2, 0.25) is 0 Å². The molecule has 1 aromatic rings. The first-order valence-electron chi connectivity index (χ1n) is 9.34. The first kappa shape index (κ1) is 18.0. The minimum absolute atomic E-state index is 0.390. The maximum Gasteiger partial charge on any atom is 0.310 e. The SMILES string of the molecule is O=C(O)C(CC1CCCC1)c1ccc(C#CCN2CCOCC2)cc1. The van der Waals surface area contributed by atoms with Crippen LogP contribution in [0.2, 0.25) is 0 Å². The molecule has 1 N–H and O–H groups in total. The molecule has 25 heavy (non-hydrogen) atoms. The van der Waals surface area contributed by atoms with Gasteiger partial charge in [0.05, 0.1) is 25.7 Å². The Kier molecular flexibility index (Phi) is 6.49. The van der Waals surface area contributed by atoms with Gasteiger partial charge in [-0.15, -0.1) is 0 Å². The Hall–Kier alpha value is -1.83. The van der Waals surface area contributed by atoms with Gasteiger partial charge in [-0.3, -0.25) is 9.69 Å². The third kappa shape index (κ3) is 5.32. The van der Waals surface area contributed by atoms with Gasteiger partial charge in [-0.25, -0.2) is 0 Å². The van der Waals surface area contributed by atoms with Gasteiger partial charge in [0.25, 0.3) is 0 Å². The van der Waals surface area contributed by atoms with E-state index >= 15 is 0 Å². The molecule has 1 heterocycles. The number of ether oxygens (including phenoxy) is 1. The van der Waals surface area contributed by atoms with Crippen molar-refractivity contribution in [3.05, 3.63) is 35.4 Å². The Morgan fingerprint density at radius 3 is 2.52 bits per heavy atom. The van der Waals surface area contributed by atoms with Crippen LogP contribution in [0, 0.1) is 17.8 Å². The van der Waals surface area contributed by atoms with Crippen molar-refractivity contribution in [2.45, 2.75) is 38.0 Å². The predicted octanol–water partition coefficient (Wildman–Crippen LogP) is 3.12. The second kappa shape index (κ2) is 9.03. The van der Waals surface area contributed by atoms with Gasteiger partial charge < -0.3 is 9.84 Å². The Morgan fingerprint density at radius 1 is 1.20 bits per heavy atom. The average Bonchev–Trinajstić information content (AvgIpc) is 3.14. The molecular formula is C21H27NO3. The molecular weight excluding hydrogens is 314 g/mol. The lowest BCUT2D eigenvalue weighted by molar-refractivity contribution is -0.139. The summed E-state index contributed by atoms with van der Waals surface area (Å²) in [6, 6.07) is 7.78. The molecule has 1 aliphatic heterocycles. The van der Waals surface area contributed by atoms with E-state index < -0.39 is 11.9 Å². The Balaban J connectivity index is 1.58. The molecule has 1 atom stereocenters. The molecule has 1 unspecified atom stereocenters. The summed E-state index contributed by atoms with van der Waals surface area (Å²) >= 11 is 0. The van der Waals surface area contributed by atoms with E-state index in [-0.39, 0.29) is 0 Å². The van der Waals surface area contributed by atoms with Crippen LogP contribution in [0.5, 0.6) is 0 Å². The fourth-order valence-corrected chi connectivity index (χ4v) is 3.77. The zero-order valence-corrected chi connectivity index (χ0v) is 14.7. The molecule has 3 rings (SSSR count). The number of carbonyl (C=O) groups is 1. The number of carboxylic acid groups (broad SMARTS) is 1. The average molecular weight is 341 g/mol. The summed E-state index contributed by atoms with van der Waals surface area (Å²) in [5, 5.41) is 9.60. The van der Waals surface area contributed by atoms with E-state index in [0.29, 0.717) is 5.92 Å². The van der Waals surface area contributed by atoms with Gasteiger partial charge in [0, 0.05) is 18.7 Å². The molecule has 2 aliphatic rings. The smallest absolute Gasteiger partial charge is 0.310 e. The molecule has 1 saturated heterocycles. The topological polar surface area (TPSA) is 49.8 Å². The van der Waals surface area contributed by atoms with Crippen molar-refractivity contribution in [2.24, 2.45) is 5.92 Å². The fourth-order valence-electron chi connectivity index (χ4n) is 3.77. The molecule has 1 aromatic carbocycles. The number of rotatable bonds is 5. The van der Waals surface area contributed by atoms with Crippen LogP contribution >= 0.6 is 0 Å². The lowest BCUT2D eigenvalue weighted by Gasteiger charge is -2.24. The largest absolute Gasteiger partial charge is 0.481 e. The van der Waals surface area contributed by atoms with Crippen molar-refractivity contribution >= 4 is 5.97 Å². The minimum atomic E-state index is -0.710. The first-order chi connectivity index (χ1) is 12.2. The number of carboxylic acids is 1. The van der Waals surface area contributed by atoms with E-state index in [0.717, 1.165) is 50.4 Å². The van der Waals surface area contributed by atoms with E-state index in [2.05, 4.69) is 16.7 Å². The molecule has 0 amide bonds. The third-order valence-corrected chi connectivity index (χ3v) is 5.29. The first-order valence-corrected chi connectivity index (χ1v) is 9.34. The maximum absolute atomic E-state index is 11.7. The highest BCUT2D eigenvalue weighted by atomic mass is 16.5. The van der Waals surface area contributed by atoms with Crippen LogP contribution in [0.4, 0.5) is 0 Å². The van der Waals surface area contributed by atoms with Crippen molar-refractivity contribution in [2.75, 3.05) is 32.8 Å². The summed E-state index contributed by atoms with van der Waals surface area (Å²) in [6.07, 6.45) is 5.60. The third-order valence-electron chi connectivity index (χ3n) is 5.29. The van der Waals surface area contributed by atoms with E-state index in [1.807, 2.05) is 24.3 Å². The fraction of sp³-hybridized carbons (Fsp3) is 0.571. The Labute approximate surface area is 150 Å². The van der Waals surface area contributed by atoms with Crippen molar-refractivity contribution in [1.82, 2.24) is 4.90 Å². The van der Waals surface area contributed by atoms with Gasteiger partial charge in [0.1, 0.15) is 0 Å². The van der Waals surface area contributed by atoms with Crippen molar-refractivity contribution in [3.63, 3.8) is 0 Å². The van der Waals surface area contributed by atoms with E-state index in [4.69, 9.17) is 4.74 Å². The number of nitrogens with zero attached hydrogens (tertiary/aromatic N) is 1. The van der Waals surface area contributed by atoms with Crippen LogP contribution < -0.4 is 0 Å². The lowest BCUT2D eigenvalue weighted by atomic mass is 9.87. The number of aliphatic carboxylic acids is 1. The molecule has 0 aromatic heterocycles. The summed E-state index contributed by atoms with van der Waals surface area (Å²) in [7, 11) is 0. The zero-order valence-electron chi connectivity index (χ0n) is 14.7. The molecule has 134 valence electrons. The molecule has 0 radical (unpaired) electrons. The van der Waals surface area contributed by atoms with Gasteiger partial charge in [-0.1, -0.05) is 49.7 Å². The second-order valence-corrected chi connectivity index (χ2v) is 7.09. The monoisotopic (exact) mass is 341 g/mol. The molecule has 4 nitrogen and oxygen atoms in total. The number of hydrogen-bond acceptors (Lipinski definition) is 3. The van der Waals surface area contributed by atoms with Gasteiger partial charge in [-0.2, -0.15) is 0 Å². The van der Waals surface area contributed by atoms with Crippen molar-refractivity contribution in [3.8, 4) is 11.8 Å². The Morgan fingerprint density at radius 2 is 1.88 bits per heavy atom. The highest BCUT2D eigenvalue weighted by molar-refractivity contribution is 5.76. The summed E-state index contributed by atoms with van der Waals surface area (Å²) in [5.41, 5.74) is 1.85. The van der Waals surface area contributed by atoms with Crippen molar-refractivity contribution < 1.29 is 14.6 Å². The van der Waals surface area contributed by atoms with Crippen LogP contribution in [-0.4, -0.2) is 48.8 Å². The van der Waals surface area contributed by atoms with E-state index in [1.54, 1.807) is 0 Å². The van der Waals surface area contributed by atoms with Gasteiger partial charge in [0.15, 0.2) is 0 Å². The molecule has 2 fully saturated rings. The standard InChI is InChI=1S/C21H27NO3/c23-21(24)20(16-18-4-1-2-5-18)19-9-7-17(8-10-19)6-3-11-22-12-14-25-15-13-22/h7-10,18,20H,1-2,4-5,11-16H2,(H,23,24). The summed E-state index contributed by atoms with van der Waals surface area (Å²) in [5.74, 6) is 5.85. The van der Waals surface area contributed by atoms with Gasteiger partial charge in [-0.05, 0) is 30.0 Å². The van der Waals surface area contributed by atoms with Crippen LogP contribution in [0.15, 0.2) is 24.3 Å². The van der Waals surface area contributed by atoms with Crippen molar-refractivity contribution in [1.29, 1.82) is 0 Å². The molecule has 4 heteroatoms. The van der Waals surface area contributed by atoms with E-state index in [1.165, 1.54) is 25.7 Å². The highest BCUT2D eigenvalue weighted by Gasteiger charge is 2.26. The number of hydrogen-bond donors (Lipinski definition) is 1.